The van der Waals surface area contributed by atoms with Gasteiger partial charge in [-0.1, -0.05) is 12.1 Å². The Kier molecular flexibility index (Phi) is 4.43. The number of cyclic esters (lactones) is 1. The molecule has 0 radical (unpaired) electrons. The summed E-state index contributed by atoms with van der Waals surface area (Å²) in [4.78, 5) is 13.7. The van der Waals surface area contributed by atoms with Gasteiger partial charge < -0.3 is 10.1 Å². The van der Waals surface area contributed by atoms with Crippen molar-refractivity contribution in [1.29, 1.82) is 0 Å². The molecule has 0 saturated carbocycles. The summed E-state index contributed by atoms with van der Waals surface area (Å²) in [5.41, 5.74) is 3.24. The van der Waals surface area contributed by atoms with Crippen molar-refractivity contribution in [3.63, 3.8) is 0 Å². The SMILES string of the molecule is CNCCC1COC(=O)N(c2cc(C)ccc2C)C1. The van der Waals surface area contributed by atoms with Crippen LogP contribution in [0.25, 0.3) is 0 Å². The van der Waals surface area contributed by atoms with Crippen LogP contribution in [0, 0.1) is 19.8 Å². The molecule has 1 aliphatic rings. The lowest BCUT2D eigenvalue weighted by Crippen LogP contribution is -2.44. The molecule has 1 atom stereocenters. The fourth-order valence-electron chi connectivity index (χ4n) is 2.38. The van der Waals surface area contributed by atoms with Crippen molar-refractivity contribution < 1.29 is 9.53 Å². The molecule has 1 aromatic carbocycles. The lowest BCUT2D eigenvalue weighted by Gasteiger charge is -2.33. The summed E-state index contributed by atoms with van der Waals surface area (Å²) in [5, 5.41) is 3.14. The summed E-state index contributed by atoms with van der Waals surface area (Å²) < 4.78 is 5.31. The van der Waals surface area contributed by atoms with Crippen molar-refractivity contribution in [3.8, 4) is 0 Å². The minimum absolute atomic E-state index is 0.227. The second-order valence-corrected chi connectivity index (χ2v) is 5.24. The van der Waals surface area contributed by atoms with E-state index in [1.807, 2.05) is 20.9 Å². The van der Waals surface area contributed by atoms with Gasteiger partial charge in [0.25, 0.3) is 0 Å². The Balaban J connectivity index is 2.16. The van der Waals surface area contributed by atoms with Crippen LogP contribution in [0.2, 0.25) is 0 Å². The molecule has 0 aliphatic carbocycles. The molecule has 104 valence electrons. The Morgan fingerprint density at radius 1 is 1.42 bits per heavy atom. The molecule has 1 aliphatic heterocycles. The van der Waals surface area contributed by atoms with Gasteiger partial charge in [0.1, 0.15) is 0 Å². The highest BCUT2D eigenvalue weighted by Gasteiger charge is 2.28. The van der Waals surface area contributed by atoms with Crippen molar-refractivity contribution in [3.05, 3.63) is 29.3 Å². The number of carbonyl (C=O) groups is 1. The molecule has 0 spiro atoms. The van der Waals surface area contributed by atoms with Gasteiger partial charge in [0.2, 0.25) is 0 Å². The van der Waals surface area contributed by atoms with Crippen molar-refractivity contribution >= 4 is 11.8 Å². The molecule has 1 fully saturated rings. The van der Waals surface area contributed by atoms with E-state index in [0.29, 0.717) is 12.5 Å². The first-order valence-electron chi connectivity index (χ1n) is 6.78. The summed E-state index contributed by atoms with van der Waals surface area (Å²) in [6.45, 7) is 6.28. The second-order valence-electron chi connectivity index (χ2n) is 5.24. The molecule has 1 saturated heterocycles. The number of nitrogens with zero attached hydrogens (tertiary/aromatic N) is 1. The standard InChI is InChI=1S/C15H22N2O2/c1-11-4-5-12(2)14(8-11)17-9-13(6-7-16-3)10-19-15(17)18/h4-5,8,13,16H,6-7,9-10H2,1-3H3. The summed E-state index contributed by atoms with van der Waals surface area (Å²) >= 11 is 0. The second kappa shape index (κ2) is 6.06. The first kappa shape index (κ1) is 13.9. The van der Waals surface area contributed by atoms with Crippen LogP contribution >= 0.6 is 0 Å². The largest absolute Gasteiger partial charge is 0.449 e. The van der Waals surface area contributed by atoms with Crippen LogP contribution in [0.1, 0.15) is 17.5 Å². The maximum absolute atomic E-state index is 12.0. The minimum Gasteiger partial charge on any atom is -0.449 e. The molecule has 1 N–H and O–H groups in total. The van der Waals surface area contributed by atoms with Crippen LogP contribution in [0.4, 0.5) is 10.5 Å². The predicted octanol–water partition coefficient (Wildman–Crippen LogP) is 2.49. The van der Waals surface area contributed by atoms with E-state index < -0.39 is 0 Å². The van der Waals surface area contributed by atoms with Crippen molar-refractivity contribution in [2.45, 2.75) is 20.3 Å². The van der Waals surface area contributed by atoms with E-state index in [-0.39, 0.29) is 6.09 Å². The summed E-state index contributed by atoms with van der Waals surface area (Å²) in [6, 6.07) is 6.17. The van der Waals surface area contributed by atoms with Crippen LogP contribution in [0.5, 0.6) is 0 Å². The van der Waals surface area contributed by atoms with Crippen molar-refractivity contribution in [2.24, 2.45) is 5.92 Å². The number of aryl methyl sites for hydroxylation is 2. The number of ether oxygens (including phenoxy) is 1. The lowest BCUT2D eigenvalue weighted by molar-refractivity contribution is 0.112. The Bertz CT molecular complexity index is 459. The molecule has 1 heterocycles. The van der Waals surface area contributed by atoms with Gasteiger partial charge in [0.05, 0.1) is 12.3 Å². The molecule has 4 nitrogen and oxygen atoms in total. The van der Waals surface area contributed by atoms with Crippen LogP contribution in [0.3, 0.4) is 0 Å². The van der Waals surface area contributed by atoms with Crippen LogP contribution in [-0.4, -0.2) is 32.8 Å². The highest BCUT2D eigenvalue weighted by molar-refractivity contribution is 5.89. The smallest absolute Gasteiger partial charge is 0.414 e. The number of nitrogens with one attached hydrogen (secondary N) is 1. The van der Waals surface area contributed by atoms with Crippen LogP contribution in [-0.2, 0) is 4.74 Å². The number of amides is 1. The minimum atomic E-state index is -0.227. The zero-order valence-electron chi connectivity index (χ0n) is 11.9. The van der Waals surface area contributed by atoms with E-state index in [1.165, 1.54) is 0 Å². The zero-order valence-corrected chi connectivity index (χ0v) is 11.9. The monoisotopic (exact) mass is 262 g/mol. The highest BCUT2D eigenvalue weighted by Crippen LogP contribution is 2.26. The molecular formula is C15H22N2O2. The van der Waals surface area contributed by atoms with E-state index in [4.69, 9.17) is 4.74 Å². The molecule has 1 aromatic rings. The lowest BCUT2D eigenvalue weighted by atomic mass is 10.0. The number of anilines is 1. The van der Waals surface area contributed by atoms with E-state index in [9.17, 15) is 4.79 Å². The molecule has 1 unspecified atom stereocenters. The average molecular weight is 262 g/mol. The molecular weight excluding hydrogens is 240 g/mol. The van der Waals surface area contributed by atoms with E-state index in [2.05, 4.69) is 23.5 Å². The van der Waals surface area contributed by atoms with Crippen molar-refractivity contribution in [1.82, 2.24) is 5.32 Å². The Morgan fingerprint density at radius 2 is 2.21 bits per heavy atom. The molecule has 0 bridgehead atoms. The molecule has 19 heavy (non-hydrogen) atoms. The van der Waals surface area contributed by atoms with Gasteiger partial charge >= 0.3 is 6.09 Å². The molecule has 0 aromatic heterocycles. The van der Waals surface area contributed by atoms with E-state index >= 15 is 0 Å². The van der Waals surface area contributed by atoms with Gasteiger partial charge in [-0.15, -0.1) is 0 Å². The molecule has 2 rings (SSSR count). The molecule has 4 heteroatoms. The van der Waals surface area contributed by atoms with E-state index in [1.54, 1.807) is 4.90 Å². The Labute approximate surface area is 114 Å². The quantitative estimate of drug-likeness (QED) is 0.906. The summed E-state index contributed by atoms with van der Waals surface area (Å²) in [5.74, 6) is 0.394. The third-order valence-electron chi connectivity index (χ3n) is 3.56. The van der Waals surface area contributed by atoms with Gasteiger partial charge in [0.15, 0.2) is 0 Å². The fourth-order valence-corrected chi connectivity index (χ4v) is 2.38. The van der Waals surface area contributed by atoms with Gasteiger partial charge in [-0.2, -0.15) is 0 Å². The van der Waals surface area contributed by atoms with Crippen molar-refractivity contribution in [2.75, 3.05) is 31.6 Å². The Morgan fingerprint density at radius 3 is 2.95 bits per heavy atom. The average Bonchev–Trinajstić information content (AvgIpc) is 2.41. The molecule has 1 amide bonds. The Hall–Kier alpha value is -1.55. The number of carbonyl (C=O) groups excluding carboxylic acids is 1. The van der Waals surface area contributed by atoms with E-state index in [0.717, 1.165) is 36.3 Å². The number of hydrogen-bond acceptors (Lipinski definition) is 3. The topological polar surface area (TPSA) is 41.6 Å². The normalized spacial score (nSPS) is 19.4. The van der Waals surface area contributed by atoms with Crippen LogP contribution < -0.4 is 10.2 Å². The first-order valence-corrected chi connectivity index (χ1v) is 6.78. The number of hydrogen-bond donors (Lipinski definition) is 1. The predicted molar refractivity (Wildman–Crippen MR) is 76.6 cm³/mol. The fraction of sp³-hybridized carbons (Fsp3) is 0.533. The first-order chi connectivity index (χ1) is 9.11. The number of benzene rings is 1. The highest BCUT2D eigenvalue weighted by atomic mass is 16.6. The maximum atomic E-state index is 12.0. The zero-order chi connectivity index (χ0) is 13.8. The summed E-state index contributed by atoms with van der Waals surface area (Å²) in [7, 11) is 1.94. The van der Waals surface area contributed by atoms with Crippen LogP contribution in [0.15, 0.2) is 18.2 Å². The van der Waals surface area contributed by atoms with Gasteiger partial charge in [-0.25, -0.2) is 4.79 Å². The third kappa shape index (κ3) is 3.26. The number of rotatable bonds is 4. The summed E-state index contributed by atoms with van der Waals surface area (Å²) in [6.07, 6.45) is 0.792. The third-order valence-corrected chi connectivity index (χ3v) is 3.56. The van der Waals surface area contributed by atoms with Gasteiger partial charge in [-0.05, 0) is 51.1 Å². The maximum Gasteiger partial charge on any atom is 0.414 e. The van der Waals surface area contributed by atoms with Gasteiger partial charge in [-0.3, -0.25) is 4.90 Å². The van der Waals surface area contributed by atoms with Gasteiger partial charge in [0, 0.05) is 12.5 Å².